The molecule has 3 aromatic heterocycles. The molecule has 0 N–H and O–H groups in total. The molecule has 314 valence electrons. The van der Waals surface area contributed by atoms with Crippen LogP contribution >= 0.6 is 0 Å². The van der Waals surface area contributed by atoms with E-state index >= 15 is 0 Å². The van der Waals surface area contributed by atoms with Crippen molar-refractivity contribution in [2.45, 2.75) is 105 Å². The molecule has 10 rings (SSSR count). The Kier molecular flexibility index (Phi) is 8.82. The molecule has 0 amide bonds. The zero-order valence-electron chi connectivity index (χ0n) is 38.9. The molecule has 10 aromatic rings. The number of nitriles is 1. The summed E-state index contributed by atoms with van der Waals surface area (Å²) < 4.78 is 11.9. The van der Waals surface area contributed by atoms with Gasteiger partial charge in [0.15, 0.2) is 0 Å². The third-order valence-corrected chi connectivity index (χ3v) is 13.4. The van der Waals surface area contributed by atoms with Gasteiger partial charge in [-0.15, -0.1) is 0 Å². The van der Waals surface area contributed by atoms with Gasteiger partial charge in [0.1, 0.15) is 17.2 Å². The van der Waals surface area contributed by atoms with Gasteiger partial charge in [-0.25, -0.2) is 0 Å². The van der Waals surface area contributed by atoms with Crippen molar-refractivity contribution < 1.29 is 4.42 Å². The minimum absolute atomic E-state index is 0.0565. The van der Waals surface area contributed by atoms with Crippen molar-refractivity contribution in [2.24, 2.45) is 0 Å². The summed E-state index contributed by atoms with van der Waals surface area (Å²) in [6.45, 7) is 27.4. The molecule has 0 atom stereocenters. The van der Waals surface area contributed by atoms with Crippen molar-refractivity contribution in [3.05, 3.63) is 155 Å². The lowest BCUT2D eigenvalue weighted by atomic mass is 9.85. The maximum atomic E-state index is 11.5. The number of rotatable bonds is 3. The molecule has 0 aliphatic rings. The summed E-state index contributed by atoms with van der Waals surface area (Å²) in [5.74, 6) is 0. The lowest BCUT2D eigenvalue weighted by Crippen LogP contribution is -2.11. The van der Waals surface area contributed by atoms with Crippen molar-refractivity contribution in [3.8, 4) is 28.6 Å². The summed E-state index contributed by atoms with van der Waals surface area (Å²) in [5, 5.41) is 18.2. The monoisotopic (exact) mass is 823 g/mol. The Bertz CT molecular complexity index is 3390. The van der Waals surface area contributed by atoms with Gasteiger partial charge in [-0.1, -0.05) is 156 Å². The van der Waals surface area contributed by atoms with E-state index in [-0.39, 0.29) is 21.7 Å². The van der Waals surface area contributed by atoms with Crippen LogP contribution in [0.4, 0.5) is 0 Å². The summed E-state index contributed by atoms with van der Waals surface area (Å²) in [4.78, 5) is 0. The SMILES string of the molecule is CC(C)(C)c1ccc2c(c1)c1cc(C(C)(C)C)ccc1n2-c1c(C#N)cc2oc3c(-c4ccccc4)cccc3c2c1-n1c2ccc(C(C)(C)C)cc2c2cc(C(C)(C)C)ccc21. The molecule has 0 radical (unpaired) electrons. The third kappa shape index (κ3) is 6.38. The third-order valence-electron chi connectivity index (χ3n) is 13.4. The number of benzene rings is 7. The van der Waals surface area contributed by atoms with Crippen LogP contribution in [0.15, 0.2) is 132 Å². The summed E-state index contributed by atoms with van der Waals surface area (Å²) in [6.07, 6.45) is 0. The first kappa shape index (κ1) is 40.5. The topological polar surface area (TPSA) is 46.8 Å². The van der Waals surface area contributed by atoms with Gasteiger partial charge in [0.2, 0.25) is 0 Å². The first-order chi connectivity index (χ1) is 29.7. The van der Waals surface area contributed by atoms with Gasteiger partial charge in [-0.2, -0.15) is 5.26 Å². The molecule has 7 aromatic carbocycles. The first-order valence-electron chi connectivity index (χ1n) is 22.4. The van der Waals surface area contributed by atoms with E-state index in [4.69, 9.17) is 4.42 Å². The zero-order chi connectivity index (χ0) is 44.5. The molecule has 0 aliphatic carbocycles. The number of aromatic nitrogens is 2. The fourth-order valence-corrected chi connectivity index (χ4v) is 9.70. The zero-order valence-corrected chi connectivity index (χ0v) is 38.9. The molecule has 0 saturated carbocycles. The van der Waals surface area contributed by atoms with E-state index in [1.165, 1.54) is 43.8 Å². The fraction of sp³-hybridized carbons (Fsp3) is 0.271. The van der Waals surface area contributed by atoms with Gasteiger partial charge in [-0.3, -0.25) is 0 Å². The van der Waals surface area contributed by atoms with Crippen LogP contribution in [0.1, 0.15) is 111 Å². The van der Waals surface area contributed by atoms with Crippen molar-refractivity contribution >= 4 is 65.6 Å². The minimum atomic E-state index is -0.0568. The molecular formula is C59H57N3O. The number of hydrogen-bond acceptors (Lipinski definition) is 2. The first-order valence-corrected chi connectivity index (χ1v) is 22.4. The maximum absolute atomic E-state index is 11.5. The molecule has 3 heterocycles. The summed E-state index contributed by atoms with van der Waals surface area (Å²) in [7, 11) is 0. The second-order valence-corrected chi connectivity index (χ2v) is 21.9. The molecule has 0 aliphatic heterocycles. The van der Waals surface area contributed by atoms with E-state index < -0.39 is 0 Å². The normalized spacial score (nSPS) is 13.1. The van der Waals surface area contributed by atoms with Crippen LogP contribution < -0.4 is 0 Å². The summed E-state index contributed by atoms with van der Waals surface area (Å²) in [6, 6.07) is 49.5. The van der Waals surface area contributed by atoms with Crippen LogP contribution in [0, 0.1) is 11.3 Å². The minimum Gasteiger partial charge on any atom is -0.455 e. The molecular weight excluding hydrogens is 767 g/mol. The summed E-state index contributed by atoms with van der Waals surface area (Å²) >= 11 is 0. The maximum Gasteiger partial charge on any atom is 0.143 e. The number of para-hydroxylation sites is 1. The van der Waals surface area contributed by atoms with Gasteiger partial charge in [-0.05, 0) is 98.0 Å². The molecule has 4 nitrogen and oxygen atoms in total. The summed E-state index contributed by atoms with van der Waals surface area (Å²) in [5.41, 5.74) is 15.1. The van der Waals surface area contributed by atoms with Crippen LogP contribution in [0.2, 0.25) is 0 Å². The average molecular weight is 824 g/mol. The second kappa shape index (κ2) is 13.7. The highest BCUT2D eigenvalue weighted by atomic mass is 16.3. The van der Waals surface area contributed by atoms with E-state index in [1.54, 1.807) is 0 Å². The Balaban J connectivity index is 1.46. The predicted molar refractivity (Wildman–Crippen MR) is 267 cm³/mol. The van der Waals surface area contributed by atoms with Gasteiger partial charge in [0, 0.05) is 38.6 Å². The number of furan rings is 1. The lowest BCUT2D eigenvalue weighted by Gasteiger charge is -2.22. The number of nitrogens with zero attached hydrogens (tertiary/aromatic N) is 3. The van der Waals surface area contributed by atoms with Crippen LogP contribution in [-0.4, -0.2) is 9.13 Å². The van der Waals surface area contributed by atoms with E-state index in [0.29, 0.717) is 11.1 Å². The largest absolute Gasteiger partial charge is 0.455 e. The highest BCUT2D eigenvalue weighted by molar-refractivity contribution is 6.19. The lowest BCUT2D eigenvalue weighted by molar-refractivity contribution is 0.590. The highest BCUT2D eigenvalue weighted by Crippen LogP contribution is 2.48. The average Bonchev–Trinajstić information content (AvgIpc) is 3.88. The van der Waals surface area contributed by atoms with Gasteiger partial charge in [0.05, 0.1) is 44.4 Å². The standard InChI is InChI=1S/C59H57N3O/c1-56(2,3)37-21-25-47-43(30-37)44-31-38(57(4,5)6)22-26-48(44)61(47)53-36(34-60)29-51-52(42-20-16-19-41(55(42)63-51)35-17-14-13-15-18-35)54(53)62-49-27-23-39(58(7,8)9)32-45(49)46-33-40(59(10,11)12)24-28-50(46)62/h13-33H,1-12H3. The number of hydrogen-bond donors (Lipinski definition) is 0. The van der Waals surface area contributed by atoms with Gasteiger partial charge < -0.3 is 13.6 Å². The Morgan fingerprint density at radius 1 is 0.429 bits per heavy atom. The molecule has 0 unspecified atom stereocenters. The second-order valence-electron chi connectivity index (χ2n) is 21.9. The van der Waals surface area contributed by atoms with E-state index in [9.17, 15) is 5.26 Å². The quantitative estimate of drug-likeness (QED) is 0.178. The van der Waals surface area contributed by atoms with E-state index in [1.807, 2.05) is 12.1 Å². The Morgan fingerprint density at radius 3 is 1.24 bits per heavy atom. The fourth-order valence-electron chi connectivity index (χ4n) is 9.70. The number of fused-ring (bicyclic) bond motifs is 9. The van der Waals surface area contributed by atoms with E-state index in [2.05, 4.69) is 214 Å². The van der Waals surface area contributed by atoms with Gasteiger partial charge >= 0.3 is 0 Å². The molecule has 0 spiro atoms. The Hall–Kier alpha value is -6.57. The van der Waals surface area contributed by atoms with Crippen LogP contribution in [-0.2, 0) is 21.7 Å². The molecule has 0 saturated heterocycles. The highest BCUT2D eigenvalue weighted by Gasteiger charge is 2.30. The van der Waals surface area contributed by atoms with Gasteiger partial charge in [0.25, 0.3) is 0 Å². The van der Waals surface area contributed by atoms with Crippen molar-refractivity contribution in [3.63, 3.8) is 0 Å². The van der Waals surface area contributed by atoms with Crippen molar-refractivity contribution in [2.75, 3.05) is 0 Å². The van der Waals surface area contributed by atoms with E-state index in [0.717, 1.165) is 60.9 Å². The molecule has 63 heavy (non-hydrogen) atoms. The van der Waals surface area contributed by atoms with Crippen molar-refractivity contribution in [1.82, 2.24) is 9.13 Å². The molecule has 4 heteroatoms. The predicted octanol–water partition coefficient (Wildman–Crippen LogP) is 16.5. The molecule has 0 fully saturated rings. The smallest absolute Gasteiger partial charge is 0.143 e. The Labute approximate surface area is 371 Å². The van der Waals surface area contributed by atoms with Crippen LogP contribution in [0.3, 0.4) is 0 Å². The van der Waals surface area contributed by atoms with Crippen LogP contribution in [0.25, 0.3) is 88.1 Å². The van der Waals surface area contributed by atoms with Crippen molar-refractivity contribution in [1.29, 1.82) is 5.26 Å². The molecule has 0 bridgehead atoms. The van der Waals surface area contributed by atoms with Crippen LogP contribution in [0.5, 0.6) is 0 Å². The Morgan fingerprint density at radius 2 is 0.841 bits per heavy atom.